The molecule has 0 aromatic carbocycles. The zero-order valence-corrected chi connectivity index (χ0v) is 23.9. The summed E-state index contributed by atoms with van der Waals surface area (Å²) in [6.07, 6.45) is 7.82. The topological polar surface area (TPSA) is 77.8 Å². The predicted octanol–water partition coefficient (Wildman–Crippen LogP) is 6.40. The van der Waals surface area contributed by atoms with Crippen molar-refractivity contribution >= 4 is 17.7 Å². The number of hydrogen-bond acceptors (Lipinski definition) is 4. The van der Waals surface area contributed by atoms with Crippen LogP contribution in [0.25, 0.3) is 0 Å². The van der Waals surface area contributed by atoms with Gasteiger partial charge in [-0.25, -0.2) is 0 Å². The zero-order chi connectivity index (χ0) is 25.9. The molecule has 4 aliphatic rings. The summed E-state index contributed by atoms with van der Waals surface area (Å²) in [5, 5.41) is 33.3. The molecule has 35 heavy (non-hydrogen) atoms. The second-order valence-corrected chi connectivity index (χ2v) is 15.1. The molecule has 4 rings (SSSR count). The first-order valence-electron chi connectivity index (χ1n) is 14.2. The Balaban J connectivity index is 1.76. The summed E-state index contributed by atoms with van der Waals surface area (Å²) in [6.45, 7) is 15.8. The smallest absolute Gasteiger partial charge is 0.307 e. The van der Waals surface area contributed by atoms with Crippen molar-refractivity contribution in [2.45, 2.75) is 111 Å². The van der Waals surface area contributed by atoms with Crippen LogP contribution in [0.2, 0.25) is 0 Å². The molecule has 12 atom stereocenters. The average Bonchev–Trinajstić information content (AvgIpc) is 3.04. The van der Waals surface area contributed by atoms with Crippen LogP contribution in [-0.4, -0.2) is 44.5 Å². The minimum absolute atomic E-state index is 0.0142. The van der Waals surface area contributed by atoms with Crippen molar-refractivity contribution in [2.24, 2.45) is 51.8 Å². The number of aliphatic hydroxyl groups excluding tert-OH is 2. The SMILES string of the molecule is CCS[C@H]1C[C@@]2(C)C(C[C@@H](O)C3[C@@]4(C)CC[C@@H](O)[C@@H](C)C4CC[C@@]32C)[C@H]1[C@@H](CC=C(C)C)C(=O)O. The molecular formula is C30H50O4S. The van der Waals surface area contributed by atoms with Gasteiger partial charge < -0.3 is 15.3 Å². The van der Waals surface area contributed by atoms with E-state index in [2.05, 4.69) is 40.7 Å². The van der Waals surface area contributed by atoms with E-state index >= 15 is 0 Å². The molecule has 0 aromatic heterocycles. The monoisotopic (exact) mass is 506 g/mol. The molecule has 0 saturated heterocycles. The van der Waals surface area contributed by atoms with Crippen LogP contribution >= 0.6 is 11.8 Å². The van der Waals surface area contributed by atoms with Crippen LogP contribution in [0.5, 0.6) is 0 Å². The normalized spacial score (nSPS) is 50.0. The zero-order valence-electron chi connectivity index (χ0n) is 23.1. The number of aliphatic hydroxyl groups is 2. The Morgan fingerprint density at radius 2 is 1.74 bits per heavy atom. The minimum atomic E-state index is -0.675. The van der Waals surface area contributed by atoms with Crippen molar-refractivity contribution in [3.8, 4) is 0 Å². The van der Waals surface area contributed by atoms with E-state index in [0.29, 0.717) is 17.6 Å². The largest absolute Gasteiger partial charge is 0.481 e. The van der Waals surface area contributed by atoms with Gasteiger partial charge in [0, 0.05) is 5.25 Å². The number of aliphatic carboxylic acids is 1. The van der Waals surface area contributed by atoms with Gasteiger partial charge in [0.25, 0.3) is 0 Å². The maximum absolute atomic E-state index is 12.7. The van der Waals surface area contributed by atoms with Crippen LogP contribution in [0.1, 0.15) is 93.4 Å². The summed E-state index contributed by atoms with van der Waals surface area (Å²) in [6, 6.07) is 0. The van der Waals surface area contributed by atoms with Gasteiger partial charge in [0.2, 0.25) is 0 Å². The van der Waals surface area contributed by atoms with Gasteiger partial charge in [0.05, 0.1) is 18.1 Å². The lowest BCUT2D eigenvalue weighted by atomic mass is 9.36. The van der Waals surface area contributed by atoms with E-state index in [4.69, 9.17) is 0 Å². The molecule has 0 aromatic rings. The Hall–Kier alpha value is -0.520. The number of hydrogen-bond donors (Lipinski definition) is 3. The van der Waals surface area contributed by atoms with E-state index in [9.17, 15) is 20.1 Å². The first-order valence-corrected chi connectivity index (χ1v) is 15.2. The van der Waals surface area contributed by atoms with Crippen molar-refractivity contribution < 1.29 is 20.1 Å². The molecule has 0 aliphatic heterocycles. The number of fused-ring (bicyclic) bond motifs is 5. The molecule has 5 heteroatoms. The first-order chi connectivity index (χ1) is 16.3. The summed E-state index contributed by atoms with van der Waals surface area (Å²) in [7, 11) is 0. The van der Waals surface area contributed by atoms with Crippen molar-refractivity contribution in [1.29, 1.82) is 0 Å². The van der Waals surface area contributed by atoms with Crippen LogP contribution < -0.4 is 0 Å². The third kappa shape index (κ3) is 4.14. The second-order valence-electron chi connectivity index (χ2n) is 13.6. The highest BCUT2D eigenvalue weighted by atomic mass is 32.2. The summed E-state index contributed by atoms with van der Waals surface area (Å²) < 4.78 is 0. The van der Waals surface area contributed by atoms with Crippen molar-refractivity contribution in [3.05, 3.63) is 11.6 Å². The molecule has 200 valence electrons. The van der Waals surface area contributed by atoms with Crippen LogP contribution in [0.15, 0.2) is 11.6 Å². The van der Waals surface area contributed by atoms with Gasteiger partial charge in [-0.2, -0.15) is 11.8 Å². The van der Waals surface area contributed by atoms with Gasteiger partial charge in [0.1, 0.15) is 0 Å². The molecule has 4 saturated carbocycles. The maximum atomic E-state index is 12.7. The summed E-state index contributed by atoms with van der Waals surface area (Å²) in [5.41, 5.74) is 1.19. The number of thioether (sulfide) groups is 1. The summed E-state index contributed by atoms with van der Waals surface area (Å²) >= 11 is 1.95. The number of carboxylic acid groups (broad SMARTS) is 1. The van der Waals surface area contributed by atoms with Crippen molar-refractivity contribution in [3.63, 3.8) is 0 Å². The van der Waals surface area contributed by atoms with E-state index in [1.54, 1.807) is 0 Å². The fourth-order valence-electron chi connectivity index (χ4n) is 10.2. The lowest BCUT2D eigenvalue weighted by Gasteiger charge is -2.69. The van der Waals surface area contributed by atoms with E-state index < -0.39 is 18.0 Å². The Bertz CT molecular complexity index is 838. The van der Waals surface area contributed by atoms with Gasteiger partial charge in [0.15, 0.2) is 0 Å². The lowest BCUT2D eigenvalue weighted by molar-refractivity contribution is -0.240. The molecule has 0 radical (unpaired) electrons. The highest BCUT2D eigenvalue weighted by Gasteiger charge is 2.71. The van der Waals surface area contributed by atoms with Crippen LogP contribution in [-0.2, 0) is 4.79 Å². The Labute approximate surface area is 217 Å². The lowest BCUT2D eigenvalue weighted by Crippen LogP contribution is -2.66. The highest BCUT2D eigenvalue weighted by Crippen LogP contribution is 2.75. The number of allylic oxidation sites excluding steroid dienone is 2. The van der Waals surface area contributed by atoms with Crippen LogP contribution in [0.4, 0.5) is 0 Å². The fraction of sp³-hybridized carbons (Fsp3) is 0.900. The highest BCUT2D eigenvalue weighted by molar-refractivity contribution is 7.99. The molecule has 4 aliphatic carbocycles. The molecule has 3 N–H and O–H groups in total. The summed E-state index contributed by atoms with van der Waals surface area (Å²) in [4.78, 5) is 12.7. The number of carbonyl (C=O) groups is 1. The van der Waals surface area contributed by atoms with Crippen LogP contribution in [0, 0.1) is 51.8 Å². The van der Waals surface area contributed by atoms with Gasteiger partial charge in [-0.15, -0.1) is 0 Å². The van der Waals surface area contributed by atoms with Crippen molar-refractivity contribution in [1.82, 2.24) is 0 Å². The van der Waals surface area contributed by atoms with E-state index in [1.165, 1.54) is 5.57 Å². The number of carboxylic acids is 1. The molecule has 0 bridgehead atoms. The quantitative estimate of drug-likeness (QED) is 0.363. The molecule has 0 amide bonds. The maximum Gasteiger partial charge on any atom is 0.307 e. The first kappa shape index (κ1) is 27.5. The van der Waals surface area contributed by atoms with Crippen LogP contribution in [0.3, 0.4) is 0 Å². The van der Waals surface area contributed by atoms with E-state index in [0.717, 1.165) is 44.3 Å². The van der Waals surface area contributed by atoms with Crippen molar-refractivity contribution in [2.75, 3.05) is 5.75 Å². The van der Waals surface area contributed by atoms with Gasteiger partial charge in [-0.3, -0.25) is 4.79 Å². The molecule has 4 fully saturated rings. The Kier molecular flexibility index (Phi) is 7.59. The molecule has 3 unspecified atom stereocenters. The van der Waals surface area contributed by atoms with Gasteiger partial charge in [-0.1, -0.05) is 46.3 Å². The molecule has 4 nitrogen and oxygen atoms in total. The second kappa shape index (κ2) is 9.66. The Morgan fingerprint density at radius 3 is 2.34 bits per heavy atom. The van der Waals surface area contributed by atoms with Gasteiger partial charge >= 0.3 is 5.97 Å². The number of rotatable bonds is 6. The molecule has 0 spiro atoms. The average molecular weight is 507 g/mol. The standard InChI is InChI=1S/C30H50O4S/c1-8-35-24-16-30(7)21(25(24)19(27(33)34)10-9-17(2)3)15-23(32)26-28(5)13-12-22(31)18(4)20(28)11-14-29(26,30)6/h9,18-26,31-32H,8,10-16H2,1-7H3,(H,33,34)/t18-,19+,20?,21?,22+,23+,24-,25+,26?,28-,29-,30-/m0/s1. The predicted molar refractivity (Wildman–Crippen MR) is 144 cm³/mol. The summed E-state index contributed by atoms with van der Waals surface area (Å²) in [5.74, 6) is 1.16. The Morgan fingerprint density at radius 1 is 1.06 bits per heavy atom. The van der Waals surface area contributed by atoms with E-state index in [1.807, 2.05) is 25.6 Å². The minimum Gasteiger partial charge on any atom is -0.481 e. The third-order valence-corrected chi connectivity index (χ3v) is 13.1. The van der Waals surface area contributed by atoms with E-state index in [-0.39, 0.29) is 46.0 Å². The van der Waals surface area contributed by atoms with Gasteiger partial charge in [-0.05, 0) is 110 Å². The fourth-order valence-corrected chi connectivity index (χ4v) is 11.7. The molecule has 0 heterocycles. The third-order valence-electron chi connectivity index (χ3n) is 11.9. The molecular weight excluding hydrogens is 456 g/mol.